The number of amides is 4. The van der Waals surface area contributed by atoms with Gasteiger partial charge in [-0.2, -0.15) is 0 Å². The van der Waals surface area contributed by atoms with E-state index in [-0.39, 0.29) is 47.8 Å². The molecule has 2 saturated heterocycles. The number of piperidine rings is 2. The molecule has 0 radical (unpaired) electrons. The van der Waals surface area contributed by atoms with Crippen LogP contribution in [0.25, 0.3) is 33.6 Å². The molecule has 14 heteroatoms. The summed E-state index contributed by atoms with van der Waals surface area (Å²) in [5, 5.41) is 5.55. The molecule has 0 spiro atoms. The Hall–Kier alpha value is -7.22. The van der Waals surface area contributed by atoms with Gasteiger partial charge in [0.15, 0.2) is 0 Å². The molecule has 4 aliphatic rings. The van der Waals surface area contributed by atoms with E-state index in [4.69, 9.17) is 19.4 Å². The number of nitrogens with one attached hydrogen (secondary N) is 4. The van der Waals surface area contributed by atoms with Gasteiger partial charge in [0.05, 0.1) is 50.1 Å². The average Bonchev–Trinajstić information content (AvgIpc) is 4.23. The zero-order valence-electron chi connectivity index (χ0n) is 35.6. The Morgan fingerprint density at radius 3 is 1.30 bits per heavy atom. The summed E-state index contributed by atoms with van der Waals surface area (Å²) in [4.78, 5) is 74.0. The Labute approximate surface area is 370 Å². The van der Waals surface area contributed by atoms with Crippen LogP contribution in [0.1, 0.15) is 85.5 Å². The molecule has 4 amide bonds. The highest BCUT2D eigenvalue weighted by Crippen LogP contribution is 2.52. The standard InChI is InChI=1S/C50H50N8O6/c1-63-49(61)55-41(33-9-5-3-6-10-33)47(59)57-37-23-21-35(25-37)43(57)45-51-27-39(53-45)31-17-13-29(14-18-31)30-15-19-32(20-16-30)40-28-52-46(54-40)44-36-22-24-38(26-36)58(44)48(60)42(56-50(62)64-2)34-11-7-4-8-12-34/h3-20,27-28,35-38,41-44H,21-26H2,1-2H3,(H,51,53)(H,52,54)(H,55,61)(H,56,62)/t35-,36-,37+,38+,41-,42-,43-,44-/m0/s1. The van der Waals surface area contributed by atoms with Gasteiger partial charge >= 0.3 is 12.2 Å². The van der Waals surface area contributed by atoms with Crippen molar-refractivity contribution < 1.29 is 28.7 Å². The molecule has 8 atom stereocenters. The topological polar surface area (TPSA) is 175 Å². The number of hydrogen-bond donors (Lipinski definition) is 4. The predicted molar refractivity (Wildman–Crippen MR) is 238 cm³/mol. The maximum Gasteiger partial charge on any atom is 0.407 e. The first-order valence-electron chi connectivity index (χ1n) is 22.0. The van der Waals surface area contributed by atoms with E-state index >= 15 is 0 Å². The molecule has 4 fully saturated rings. The van der Waals surface area contributed by atoms with Crippen molar-refractivity contribution in [3.8, 4) is 33.6 Å². The minimum Gasteiger partial charge on any atom is -0.453 e. The van der Waals surface area contributed by atoms with E-state index in [1.54, 1.807) is 0 Å². The highest BCUT2D eigenvalue weighted by atomic mass is 16.5. The Morgan fingerprint density at radius 1 is 0.547 bits per heavy atom. The molecule has 10 rings (SSSR count). The second kappa shape index (κ2) is 17.2. The maximum absolute atomic E-state index is 14.3. The molecule has 6 aromatic rings. The smallest absolute Gasteiger partial charge is 0.407 e. The van der Waals surface area contributed by atoms with E-state index in [1.165, 1.54) is 14.2 Å². The van der Waals surface area contributed by atoms with E-state index in [9.17, 15) is 19.2 Å². The summed E-state index contributed by atoms with van der Waals surface area (Å²) in [6.07, 6.45) is 8.01. The van der Waals surface area contributed by atoms with Gasteiger partial charge in [0.25, 0.3) is 11.8 Å². The van der Waals surface area contributed by atoms with Crippen molar-refractivity contribution in [1.82, 2.24) is 40.4 Å². The molecular formula is C50H50N8O6. The number of hydrogen-bond acceptors (Lipinski definition) is 8. The monoisotopic (exact) mass is 858 g/mol. The van der Waals surface area contributed by atoms with Crippen LogP contribution in [0.5, 0.6) is 0 Å². The molecule has 2 saturated carbocycles. The first-order valence-corrected chi connectivity index (χ1v) is 22.0. The second-order valence-electron chi connectivity index (χ2n) is 17.3. The van der Waals surface area contributed by atoms with Crippen LogP contribution in [0.3, 0.4) is 0 Å². The second-order valence-corrected chi connectivity index (χ2v) is 17.3. The van der Waals surface area contributed by atoms with Crippen molar-refractivity contribution in [3.63, 3.8) is 0 Å². The van der Waals surface area contributed by atoms with Gasteiger partial charge in [-0.25, -0.2) is 19.6 Å². The van der Waals surface area contributed by atoms with Gasteiger partial charge in [-0.05, 0) is 83.7 Å². The lowest BCUT2D eigenvalue weighted by Gasteiger charge is -2.36. The number of aromatic amines is 2. The third-order valence-corrected chi connectivity index (χ3v) is 13.8. The number of fused-ring (bicyclic) bond motifs is 4. The average molecular weight is 859 g/mol. The maximum atomic E-state index is 14.3. The largest absolute Gasteiger partial charge is 0.453 e. The summed E-state index contributed by atoms with van der Waals surface area (Å²) >= 11 is 0. The molecule has 4 N–H and O–H groups in total. The number of benzene rings is 4. The summed E-state index contributed by atoms with van der Waals surface area (Å²) in [5.41, 5.74) is 7.18. The van der Waals surface area contributed by atoms with Crippen molar-refractivity contribution >= 4 is 24.0 Å². The summed E-state index contributed by atoms with van der Waals surface area (Å²) in [7, 11) is 2.59. The van der Waals surface area contributed by atoms with Gasteiger partial charge in [0.2, 0.25) is 0 Å². The molecule has 64 heavy (non-hydrogen) atoms. The number of aromatic nitrogens is 4. The van der Waals surface area contributed by atoms with E-state index in [1.807, 2.05) is 82.9 Å². The predicted octanol–water partition coefficient (Wildman–Crippen LogP) is 8.43. The third-order valence-electron chi connectivity index (χ3n) is 13.8. The molecule has 326 valence electrons. The minimum atomic E-state index is -0.878. The lowest BCUT2D eigenvalue weighted by molar-refractivity contribution is -0.139. The molecule has 14 nitrogen and oxygen atoms in total. The Morgan fingerprint density at radius 2 is 0.922 bits per heavy atom. The molecule has 4 bridgehead atoms. The van der Waals surface area contributed by atoms with Crippen molar-refractivity contribution in [2.24, 2.45) is 11.8 Å². The molecular weight excluding hydrogens is 809 g/mol. The van der Waals surface area contributed by atoms with Crippen LogP contribution in [0, 0.1) is 11.8 Å². The van der Waals surface area contributed by atoms with E-state index in [2.05, 4.69) is 69.1 Å². The fraction of sp³-hybridized carbons (Fsp3) is 0.320. The molecule has 4 aromatic carbocycles. The fourth-order valence-corrected chi connectivity index (χ4v) is 10.8. The highest BCUT2D eigenvalue weighted by molar-refractivity contribution is 5.89. The summed E-state index contributed by atoms with van der Waals surface area (Å²) in [6.45, 7) is 0. The molecule has 0 unspecified atom stereocenters. The van der Waals surface area contributed by atoms with E-state index in [0.29, 0.717) is 11.1 Å². The lowest BCUT2D eigenvalue weighted by Crippen LogP contribution is -2.47. The lowest BCUT2D eigenvalue weighted by atomic mass is 9.96. The first kappa shape index (κ1) is 40.8. The fourth-order valence-electron chi connectivity index (χ4n) is 10.8. The number of nitrogens with zero attached hydrogens (tertiary/aromatic N) is 4. The number of alkyl carbamates (subject to hydrolysis) is 2. The third kappa shape index (κ3) is 7.56. The molecule has 2 aromatic heterocycles. The van der Waals surface area contributed by atoms with Gasteiger partial charge in [0.1, 0.15) is 23.7 Å². The van der Waals surface area contributed by atoms with Crippen molar-refractivity contribution in [2.45, 2.75) is 74.8 Å². The minimum absolute atomic E-state index is 0.0718. The zero-order chi connectivity index (χ0) is 43.9. The quantitative estimate of drug-likeness (QED) is 0.100. The summed E-state index contributed by atoms with van der Waals surface area (Å²) in [5.74, 6) is 1.69. The zero-order valence-corrected chi connectivity index (χ0v) is 35.6. The van der Waals surface area contributed by atoms with Crippen LogP contribution >= 0.6 is 0 Å². The van der Waals surface area contributed by atoms with Crippen LogP contribution in [0.15, 0.2) is 122 Å². The number of rotatable bonds is 11. The number of carbonyl (C=O) groups excluding carboxylic acids is 4. The van der Waals surface area contributed by atoms with Crippen molar-refractivity contribution in [2.75, 3.05) is 14.2 Å². The van der Waals surface area contributed by atoms with Gasteiger partial charge in [-0.3, -0.25) is 9.59 Å². The van der Waals surface area contributed by atoms with Gasteiger partial charge in [-0.15, -0.1) is 0 Å². The summed E-state index contributed by atoms with van der Waals surface area (Å²) in [6, 6.07) is 33.1. The normalized spacial score (nSPS) is 22.8. The van der Waals surface area contributed by atoms with Crippen LogP contribution in [-0.4, -0.2) is 80.0 Å². The van der Waals surface area contributed by atoms with Gasteiger partial charge in [-0.1, -0.05) is 109 Å². The van der Waals surface area contributed by atoms with E-state index < -0.39 is 24.3 Å². The number of imidazole rings is 2. The number of methoxy groups -OCH3 is 2. The number of ether oxygens (including phenoxy) is 2. The molecule has 2 aliphatic carbocycles. The van der Waals surface area contributed by atoms with Gasteiger partial charge in [0, 0.05) is 12.1 Å². The van der Waals surface area contributed by atoms with Crippen molar-refractivity contribution in [3.05, 3.63) is 144 Å². The van der Waals surface area contributed by atoms with Crippen LogP contribution in [-0.2, 0) is 19.1 Å². The molecule has 4 heterocycles. The van der Waals surface area contributed by atoms with Crippen LogP contribution in [0.2, 0.25) is 0 Å². The van der Waals surface area contributed by atoms with E-state index in [0.717, 1.165) is 83.8 Å². The number of carbonyl (C=O) groups is 4. The van der Waals surface area contributed by atoms with Gasteiger partial charge < -0.3 is 39.9 Å². The highest BCUT2D eigenvalue weighted by Gasteiger charge is 2.53. The van der Waals surface area contributed by atoms with Crippen LogP contribution < -0.4 is 10.6 Å². The summed E-state index contributed by atoms with van der Waals surface area (Å²) < 4.78 is 9.79. The Kier molecular flexibility index (Phi) is 10.9. The Bertz CT molecular complexity index is 2470. The van der Waals surface area contributed by atoms with Crippen molar-refractivity contribution in [1.29, 1.82) is 0 Å². The Balaban J connectivity index is 0.834. The first-order chi connectivity index (χ1) is 31.3. The number of likely N-dealkylation sites (tertiary alicyclic amines) is 2. The SMILES string of the molecule is COC(=O)N[C@H](C(=O)N1[C@@H]2CC[C@@H](C2)[C@H]1c1ncc(-c2ccc(-c3ccc(-c4cnc([C@@H]5[C@H]6CC[C@H](C6)N5C(=O)[C@@H](NC(=O)OC)c5ccccc5)[nH]4)cc3)cc2)[nH]1)c1ccccc1. The van der Waals surface area contributed by atoms with Crippen LogP contribution in [0.4, 0.5) is 9.59 Å². The number of H-pyrrole nitrogens is 2. The molecule has 2 aliphatic heterocycles.